The van der Waals surface area contributed by atoms with Crippen LogP contribution in [0.2, 0.25) is 0 Å². The molecule has 1 N–H and O–H groups in total. The van der Waals surface area contributed by atoms with Crippen molar-refractivity contribution in [1.82, 2.24) is 0 Å². The molecule has 1 aliphatic rings. The summed E-state index contributed by atoms with van der Waals surface area (Å²) >= 11 is 0. The topological polar surface area (TPSA) is 67.9 Å². The van der Waals surface area contributed by atoms with E-state index in [1.165, 1.54) is 6.08 Å². The molecule has 27 heavy (non-hydrogen) atoms. The van der Waals surface area contributed by atoms with Crippen LogP contribution in [0.4, 0.5) is 11.4 Å². The number of methoxy groups -OCH3 is 2. The molecule has 1 aliphatic heterocycles. The fourth-order valence-electron chi connectivity index (χ4n) is 2.95. The monoisotopic (exact) mass is 366 g/mol. The molecule has 2 amide bonds. The third kappa shape index (κ3) is 4.47. The molecule has 3 rings (SSSR count). The van der Waals surface area contributed by atoms with Gasteiger partial charge in [0.2, 0.25) is 11.8 Å². The van der Waals surface area contributed by atoms with E-state index in [1.807, 2.05) is 18.2 Å². The first-order chi connectivity index (χ1) is 13.1. The van der Waals surface area contributed by atoms with Crippen molar-refractivity contribution >= 4 is 29.3 Å². The molecular formula is C21H22N2O4. The van der Waals surface area contributed by atoms with Gasteiger partial charge < -0.3 is 19.7 Å². The molecule has 140 valence electrons. The molecule has 0 aromatic heterocycles. The van der Waals surface area contributed by atoms with E-state index in [1.54, 1.807) is 49.5 Å². The first kappa shape index (κ1) is 18.5. The minimum Gasteiger partial charge on any atom is -0.497 e. The average Bonchev–Trinajstić information content (AvgIpc) is 3.12. The molecule has 0 saturated carbocycles. The van der Waals surface area contributed by atoms with Crippen LogP contribution >= 0.6 is 0 Å². The molecule has 6 nitrogen and oxygen atoms in total. The predicted octanol–water partition coefficient (Wildman–Crippen LogP) is 3.48. The van der Waals surface area contributed by atoms with E-state index in [0.29, 0.717) is 23.6 Å². The van der Waals surface area contributed by atoms with Crippen molar-refractivity contribution in [3.8, 4) is 11.5 Å². The van der Waals surface area contributed by atoms with Gasteiger partial charge in [0, 0.05) is 42.0 Å². The number of hydrogen-bond acceptors (Lipinski definition) is 4. The van der Waals surface area contributed by atoms with Gasteiger partial charge >= 0.3 is 0 Å². The lowest BCUT2D eigenvalue weighted by Crippen LogP contribution is -2.23. The van der Waals surface area contributed by atoms with E-state index in [9.17, 15) is 9.59 Å². The lowest BCUT2D eigenvalue weighted by molar-refractivity contribution is -0.117. The highest BCUT2D eigenvalue weighted by atomic mass is 16.5. The van der Waals surface area contributed by atoms with E-state index in [-0.39, 0.29) is 11.8 Å². The van der Waals surface area contributed by atoms with Crippen LogP contribution in [-0.2, 0) is 9.59 Å². The molecular weight excluding hydrogens is 344 g/mol. The molecule has 0 radical (unpaired) electrons. The van der Waals surface area contributed by atoms with E-state index in [4.69, 9.17) is 9.47 Å². The van der Waals surface area contributed by atoms with Crippen molar-refractivity contribution in [2.45, 2.75) is 12.8 Å². The third-order valence-corrected chi connectivity index (χ3v) is 4.37. The second-order valence-corrected chi connectivity index (χ2v) is 6.13. The highest BCUT2D eigenvalue weighted by molar-refractivity contribution is 6.02. The molecule has 0 unspecified atom stereocenters. The molecule has 6 heteroatoms. The van der Waals surface area contributed by atoms with Gasteiger partial charge in [0.1, 0.15) is 11.5 Å². The largest absolute Gasteiger partial charge is 0.497 e. The summed E-state index contributed by atoms with van der Waals surface area (Å²) in [6.45, 7) is 0.747. The Kier molecular flexibility index (Phi) is 5.76. The molecule has 1 heterocycles. The number of anilines is 2. The molecule has 1 fully saturated rings. The van der Waals surface area contributed by atoms with Crippen LogP contribution in [-0.4, -0.2) is 32.6 Å². The molecule has 0 spiro atoms. The first-order valence-corrected chi connectivity index (χ1v) is 8.72. The number of benzene rings is 2. The SMILES string of the molecule is COc1ccc(/C=C/C(=O)Nc2ccc(N3CCCC3=O)cc2)c(OC)c1. The summed E-state index contributed by atoms with van der Waals surface area (Å²) in [6, 6.07) is 12.7. The van der Waals surface area contributed by atoms with Crippen LogP contribution in [0.25, 0.3) is 6.08 Å². The Morgan fingerprint density at radius 1 is 1.11 bits per heavy atom. The maximum atomic E-state index is 12.2. The zero-order valence-electron chi connectivity index (χ0n) is 15.4. The predicted molar refractivity (Wildman–Crippen MR) is 105 cm³/mol. The highest BCUT2D eigenvalue weighted by Crippen LogP contribution is 2.26. The third-order valence-electron chi connectivity index (χ3n) is 4.37. The minimum absolute atomic E-state index is 0.142. The second-order valence-electron chi connectivity index (χ2n) is 6.13. The lowest BCUT2D eigenvalue weighted by atomic mass is 10.1. The van der Waals surface area contributed by atoms with Gasteiger partial charge in [0.25, 0.3) is 0 Å². The van der Waals surface area contributed by atoms with Crippen molar-refractivity contribution in [2.75, 3.05) is 31.0 Å². The average molecular weight is 366 g/mol. The zero-order chi connectivity index (χ0) is 19.2. The van der Waals surface area contributed by atoms with Crippen LogP contribution in [0, 0.1) is 0 Å². The normalized spacial score (nSPS) is 13.9. The number of rotatable bonds is 6. The number of ether oxygens (including phenoxy) is 2. The summed E-state index contributed by atoms with van der Waals surface area (Å²) in [7, 11) is 3.15. The van der Waals surface area contributed by atoms with Crippen LogP contribution in [0.3, 0.4) is 0 Å². The number of nitrogens with zero attached hydrogens (tertiary/aromatic N) is 1. The highest BCUT2D eigenvalue weighted by Gasteiger charge is 2.21. The van der Waals surface area contributed by atoms with Crippen LogP contribution in [0.15, 0.2) is 48.5 Å². The van der Waals surface area contributed by atoms with E-state index in [2.05, 4.69) is 5.32 Å². The summed E-state index contributed by atoms with van der Waals surface area (Å²) in [5.74, 6) is 1.20. The minimum atomic E-state index is -0.252. The summed E-state index contributed by atoms with van der Waals surface area (Å²) < 4.78 is 10.5. The quantitative estimate of drug-likeness (QED) is 0.795. The van der Waals surface area contributed by atoms with Gasteiger partial charge in [-0.15, -0.1) is 0 Å². The maximum Gasteiger partial charge on any atom is 0.248 e. The van der Waals surface area contributed by atoms with Crippen LogP contribution in [0.1, 0.15) is 18.4 Å². The van der Waals surface area contributed by atoms with Gasteiger partial charge in [0.15, 0.2) is 0 Å². The van der Waals surface area contributed by atoms with Crippen molar-refractivity contribution in [3.63, 3.8) is 0 Å². The number of amides is 2. The fraction of sp³-hybridized carbons (Fsp3) is 0.238. The van der Waals surface area contributed by atoms with Crippen LogP contribution in [0.5, 0.6) is 11.5 Å². The van der Waals surface area contributed by atoms with Gasteiger partial charge in [-0.05, 0) is 48.9 Å². The number of hydrogen-bond donors (Lipinski definition) is 1. The van der Waals surface area contributed by atoms with Gasteiger partial charge in [-0.25, -0.2) is 0 Å². The number of carbonyl (C=O) groups is 2. The van der Waals surface area contributed by atoms with Gasteiger partial charge in [-0.3, -0.25) is 9.59 Å². The molecule has 0 bridgehead atoms. The van der Waals surface area contributed by atoms with E-state index < -0.39 is 0 Å². The Morgan fingerprint density at radius 3 is 2.52 bits per heavy atom. The van der Waals surface area contributed by atoms with Crippen molar-refractivity contribution in [1.29, 1.82) is 0 Å². The number of nitrogens with one attached hydrogen (secondary N) is 1. The first-order valence-electron chi connectivity index (χ1n) is 8.72. The van der Waals surface area contributed by atoms with E-state index >= 15 is 0 Å². The zero-order valence-corrected chi connectivity index (χ0v) is 15.4. The van der Waals surface area contributed by atoms with Gasteiger partial charge in [-0.1, -0.05) is 0 Å². The molecule has 2 aromatic rings. The summed E-state index contributed by atoms with van der Waals surface area (Å²) in [5.41, 5.74) is 2.30. The second kappa shape index (κ2) is 8.40. The Hall–Kier alpha value is -3.28. The van der Waals surface area contributed by atoms with Crippen LogP contribution < -0.4 is 19.7 Å². The van der Waals surface area contributed by atoms with E-state index in [0.717, 1.165) is 24.2 Å². The molecule has 0 aliphatic carbocycles. The maximum absolute atomic E-state index is 12.2. The lowest BCUT2D eigenvalue weighted by Gasteiger charge is -2.15. The number of carbonyl (C=O) groups excluding carboxylic acids is 2. The summed E-state index contributed by atoms with van der Waals surface area (Å²) in [5, 5.41) is 2.81. The van der Waals surface area contributed by atoms with Gasteiger partial charge in [0.05, 0.1) is 14.2 Å². The van der Waals surface area contributed by atoms with Crippen molar-refractivity contribution < 1.29 is 19.1 Å². The molecule has 2 aromatic carbocycles. The Bertz CT molecular complexity index is 859. The molecule has 0 atom stereocenters. The molecule has 1 saturated heterocycles. The Labute approximate surface area is 158 Å². The van der Waals surface area contributed by atoms with Crippen molar-refractivity contribution in [3.05, 3.63) is 54.1 Å². The Balaban J connectivity index is 1.64. The van der Waals surface area contributed by atoms with Gasteiger partial charge in [-0.2, -0.15) is 0 Å². The van der Waals surface area contributed by atoms with Crippen molar-refractivity contribution in [2.24, 2.45) is 0 Å². The smallest absolute Gasteiger partial charge is 0.248 e. The standard InChI is InChI=1S/C21H22N2O4/c1-26-18-11-5-15(19(14-18)27-2)6-12-20(24)22-16-7-9-17(10-8-16)23-13-3-4-21(23)25/h5-12,14H,3-4,13H2,1-2H3,(H,22,24)/b12-6+. The summed E-state index contributed by atoms with van der Waals surface area (Å²) in [4.78, 5) is 25.7. The fourth-order valence-corrected chi connectivity index (χ4v) is 2.95. The Morgan fingerprint density at radius 2 is 1.89 bits per heavy atom. The summed E-state index contributed by atoms with van der Waals surface area (Å²) in [6.07, 6.45) is 4.61.